The molecule has 0 spiro atoms. The third-order valence-corrected chi connectivity index (χ3v) is 4.81. The normalized spacial score (nSPS) is 11.0. The van der Waals surface area contributed by atoms with E-state index in [-0.39, 0.29) is 0 Å². The lowest BCUT2D eigenvalue weighted by Crippen LogP contribution is -2.08. The van der Waals surface area contributed by atoms with Gasteiger partial charge in [0, 0.05) is 11.0 Å². The summed E-state index contributed by atoms with van der Waals surface area (Å²) in [5.41, 5.74) is 4.52. The summed E-state index contributed by atoms with van der Waals surface area (Å²) in [6, 6.07) is 24.7. The van der Waals surface area contributed by atoms with Gasteiger partial charge < -0.3 is 9.30 Å². The Morgan fingerprint density at radius 1 is 0.962 bits per heavy atom. The number of hydrogen-bond acceptors (Lipinski definition) is 2. The number of fused-ring (bicyclic) bond motifs is 1. The fraction of sp³-hybridized carbons (Fsp3) is 0.136. The molecule has 0 N–H and O–H groups in total. The van der Waals surface area contributed by atoms with Gasteiger partial charge >= 0.3 is 0 Å². The summed E-state index contributed by atoms with van der Waals surface area (Å²) in [5, 5.41) is 0. The number of halogens is 1. The van der Waals surface area contributed by atoms with Crippen molar-refractivity contribution in [2.75, 3.05) is 0 Å². The maximum Gasteiger partial charge on any atom is 0.148 e. The highest BCUT2D eigenvalue weighted by molar-refractivity contribution is 9.10. The SMILES string of the molecule is Cc1cccc(OCc2nc3ccccc3n2Cc2cccc(Br)c2)c1. The zero-order valence-electron chi connectivity index (χ0n) is 14.5. The van der Waals surface area contributed by atoms with Gasteiger partial charge in [0.25, 0.3) is 0 Å². The molecule has 4 heteroatoms. The first kappa shape index (κ1) is 16.9. The predicted octanol–water partition coefficient (Wildman–Crippen LogP) is 5.73. The highest BCUT2D eigenvalue weighted by Crippen LogP contribution is 2.21. The number of para-hydroxylation sites is 2. The van der Waals surface area contributed by atoms with E-state index in [4.69, 9.17) is 9.72 Å². The minimum Gasteiger partial charge on any atom is -0.486 e. The number of benzene rings is 3. The Bertz CT molecular complexity index is 1050. The van der Waals surface area contributed by atoms with E-state index in [2.05, 4.69) is 57.8 Å². The van der Waals surface area contributed by atoms with Crippen LogP contribution in [0.3, 0.4) is 0 Å². The molecule has 26 heavy (non-hydrogen) atoms. The topological polar surface area (TPSA) is 27.1 Å². The Kier molecular flexibility index (Phi) is 4.76. The lowest BCUT2D eigenvalue weighted by Gasteiger charge is -2.11. The van der Waals surface area contributed by atoms with Crippen molar-refractivity contribution in [1.82, 2.24) is 9.55 Å². The van der Waals surface area contributed by atoms with Gasteiger partial charge in [0.1, 0.15) is 18.2 Å². The molecule has 1 aromatic heterocycles. The fourth-order valence-corrected chi connectivity index (χ4v) is 3.53. The Labute approximate surface area is 161 Å². The van der Waals surface area contributed by atoms with Crippen molar-refractivity contribution in [3.05, 3.63) is 94.2 Å². The van der Waals surface area contributed by atoms with Crippen LogP contribution >= 0.6 is 15.9 Å². The van der Waals surface area contributed by atoms with Crippen LogP contribution < -0.4 is 4.74 Å². The van der Waals surface area contributed by atoms with Crippen molar-refractivity contribution < 1.29 is 4.74 Å². The molecule has 0 aliphatic rings. The number of nitrogens with zero attached hydrogens (tertiary/aromatic N) is 2. The molecule has 3 nitrogen and oxygen atoms in total. The molecule has 0 aliphatic carbocycles. The standard InChI is InChI=1S/C22H19BrN2O/c1-16-6-4-9-19(12-16)26-15-22-24-20-10-2-3-11-21(20)25(22)14-17-7-5-8-18(23)13-17/h2-13H,14-15H2,1H3. The zero-order valence-corrected chi connectivity index (χ0v) is 16.1. The number of rotatable bonds is 5. The van der Waals surface area contributed by atoms with Gasteiger partial charge in [0.15, 0.2) is 0 Å². The van der Waals surface area contributed by atoms with Gasteiger partial charge in [-0.1, -0.05) is 52.3 Å². The predicted molar refractivity (Wildman–Crippen MR) is 108 cm³/mol. The molecule has 0 bridgehead atoms. The van der Waals surface area contributed by atoms with Crippen molar-refractivity contribution >= 4 is 27.0 Å². The van der Waals surface area contributed by atoms with E-state index in [1.807, 2.05) is 42.5 Å². The van der Waals surface area contributed by atoms with Gasteiger partial charge in [-0.2, -0.15) is 0 Å². The maximum absolute atomic E-state index is 6.01. The first-order valence-electron chi connectivity index (χ1n) is 8.57. The molecule has 130 valence electrons. The lowest BCUT2D eigenvalue weighted by molar-refractivity contribution is 0.291. The number of aryl methyl sites for hydroxylation is 1. The van der Waals surface area contributed by atoms with Crippen LogP contribution in [-0.2, 0) is 13.2 Å². The van der Waals surface area contributed by atoms with Gasteiger partial charge in [-0.25, -0.2) is 4.98 Å². The van der Waals surface area contributed by atoms with Gasteiger partial charge in [-0.05, 0) is 54.4 Å². The summed E-state index contributed by atoms with van der Waals surface area (Å²) >= 11 is 3.55. The first-order chi connectivity index (χ1) is 12.7. The van der Waals surface area contributed by atoms with E-state index in [1.165, 1.54) is 11.1 Å². The largest absolute Gasteiger partial charge is 0.486 e. The van der Waals surface area contributed by atoms with Crippen molar-refractivity contribution in [3.8, 4) is 5.75 Å². The summed E-state index contributed by atoms with van der Waals surface area (Å²) in [4.78, 5) is 4.80. The smallest absolute Gasteiger partial charge is 0.148 e. The molecule has 0 amide bonds. The van der Waals surface area contributed by atoms with Crippen LogP contribution in [0.4, 0.5) is 0 Å². The lowest BCUT2D eigenvalue weighted by atomic mass is 10.2. The molecule has 0 radical (unpaired) electrons. The van der Waals surface area contributed by atoms with Crippen LogP contribution in [0.5, 0.6) is 5.75 Å². The molecule has 3 aromatic carbocycles. The molecule has 0 fully saturated rings. The summed E-state index contributed by atoms with van der Waals surface area (Å²) in [6.07, 6.45) is 0. The molecule has 0 unspecified atom stereocenters. The molecule has 0 saturated carbocycles. The van der Waals surface area contributed by atoms with E-state index < -0.39 is 0 Å². The van der Waals surface area contributed by atoms with E-state index in [0.717, 1.165) is 33.6 Å². The molecule has 0 atom stereocenters. The van der Waals surface area contributed by atoms with E-state index in [9.17, 15) is 0 Å². The average molecular weight is 407 g/mol. The average Bonchev–Trinajstić information content (AvgIpc) is 2.98. The summed E-state index contributed by atoms with van der Waals surface area (Å²) in [6.45, 7) is 3.26. The van der Waals surface area contributed by atoms with Gasteiger partial charge in [-0.15, -0.1) is 0 Å². The summed E-state index contributed by atoms with van der Waals surface area (Å²) < 4.78 is 9.32. The highest BCUT2D eigenvalue weighted by Gasteiger charge is 2.12. The van der Waals surface area contributed by atoms with Gasteiger partial charge in [-0.3, -0.25) is 0 Å². The maximum atomic E-state index is 6.01. The molecule has 4 rings (SSSR count). The van der Waals surface area contributed by atoms with Crippen LogP contribution in [0.2, 0.25) is 0 Å². The van der Waals surface area contributed by atoms with Crippen LogP contribution in [0.1, 0.15) is 17.0 Å². The number of imidazole rings is 1. The van der Waals surface area contributed by atoms with E-state index in [0.29, 0.717) is 6.61 Å². The number of aromatic nitrogens is 2. The van der Waals surface area contributed by atoms with Crippen LogP contribution in [-0.4, -0.2) is 9.55 Å². The van der Waals surface area contributed by atoms with Crippen molar-refractivity contribution in [2.45, 2.75) is 20.1 Å². The Morgan fingerprint density at radius 3 is 2.65 bits per heavy atom. The summed E-state index contributed by atoms with van der Waals surface area (Å²) in [5.74, 6) is 1.79. The summed E-state index contributed by atoms with van der Waals surface area (Å²) in [7, 11) is 0. The van der Waals surface area contributed by atoms with Crippen molar-refractivity contribution in [3.63, 3.8) is 0 Å². The fourth-order valence-electron chi connectivity index (χ4n) is 3.08. The van der Waals surface area contributed by atoms with Crippen LogP contribution in [0, 0.1) is 6.92 Å². The number of hydrogen-bond donors (Lipinski definition) is 0. The Balaban J connectivity index is 1.67. The molecular formula is C22H19BrN2O. The number of ether oxygens (including phenoxy) is 1. The second-order valence-corrected chi connectivity index (χ2v) is 7.25. The second kappa shape index (κ2) is 7.34. The zero-order chi connectivity index (χ0) is 17.9. The molecule has 0 saturated heterocycles. The first-order valence-corrected chi connectivity index (χ1v) is 9.36. The third-order valence-electron chi connectivity index (χ3n) is 4.32. The monoisotopic (exact) mass is 406 g/mol. The molecule has 0 aliphatic heterocycles. The van der Waals surface area contributed by atoms with E-state index >= 15 is 0 Å². The highest BCUT2D eigenvalue weighted by atomic mass is 79.9. The third kappa shape index (κ3) is 3.65. The van der Waals surface area contributed by atoms with Crippen molar-refractivity contribution in [1.29, 1.82) is 0 Å². The van der Waals surface area contributed by atoms with Crippen molar-refractivity contribution in [2.24, 2.45) is 0 Å². The van der Waals surface area contributed by atoms with E-state index in [1.54, 1.807) is 0 Å². The van der Waals surface area contributed by atoms with Gasteiger partial charge in [0.05, 0.1) is 11.0 Å². The Morgan fingerprint density at radius 2 is 1.81 bits per heavy atom. The van der Waals surface area contributed by atoms with Crippen LogP contribution in [0.25, 0.3) is 11.0 Å². The minimum absolute atomic E-state index is 0.437. The second-order valence-electron chi connectivity index (χ2n) is 6.34. The molecular weight excluding hydrogens is 388 g/mol. The molecule has 1 heterocycles. The van der Waals surface area contributed by atoms with Gasteiger partial charge in [0.2, 0.25) is 0 Å². The molecule has 4 aromatic rings. The minimum atomic E-state index is 0.437. The van der Waals surface area contributed by atoms with Crippen LogP contribution in [0.15, 0.2) is 77.3 Å². The quantitative estimate of drug-likeness (QED) is 0.422. The Hall–Kier alpha value is -2.59.